The molecule has 0 unspecified atom stereocenters. The maximum atomic E-state index is 15.3. The van der Waals surface area contributed by atoms with Gasteiger partial charge in [0.2, 0.25) is 0 Å². The number of hydrogen-bond donors (Lipinski definition) is 1. The lowest BCUT2D eigenvalue weighted by Gasteiger charge is -2.35. The smallest absolute Gasteiger partial charge is 0.308 e. The monoisotopic (exact) mass is 528 g/mol. The van der Waals surface area contributed by atoms with Crippen molar-refractivity contribution in [3.05, 3.63) is 77.0 Å². The van der Waals surface area contributed by atoms with Crippen LogP contribution < -0.4 is 4.90 Å². The summed E-state index contributed by atoms with van der Waals surface area (Å²) in [5, 5.41) is 13.8. The van der Waals surface area contributed by atoms with E-state index < -0.39 is 17.7 Å². The lowest BCUT2D eigenvalue weighted by Crippen LogP contribution is -2.39. The number of carbonyl (C=O) groups is 2. The zero-order valence-corrected chi connectivity index (χ0v) is 21.8. The van der Waals surface area contributed by atoms with Crippen LogP contribution in [0, 0.1) is 11.7 Å². The summed E-state index contributed by atoms with van der Waals surface area (Å²) in [5.74, 6) is -1.58. The zero-order valence-electron chi connectivity index (χ0n) is 21.8. The van der Waals surface area contributed by atoms with E-state index in [1.807, 2.05) is 30.9 Å². The van der Waals surface area contributed by atoms with E-state index in [0.29, 0.717) is 55.3 Å². The van der Waals surface area contributed by atoms with Gasteiger partial charge in [-0.25, -0.2) is 18.9 Å². The topological polar surface area (TPSA) is 104 Å². The highest BCUT2D eigenvalue weighted by atomic mass is 19.1. The molecule has 9 nitrogen and oxygen atoms in total. The minimum absolute atomic E-state index is 0.0663. The highest BCUT2D eigenvalue weighted by Crippen LogP contribution is 2.31. The van der Waals surface area contributed by atoms with Gasteiger partial charge in [0.05, 0.1) is 29.4 Å². The van der Waals surface area contributed by atoms with Crippen LogP contribution in [0.1, 0.15) is 53.5 Å². The molecule has 5 heterocycles. The predicted octanol–water partition coefficient (Wildman–Crippen LogP) is 4.16. The number of fused-ring (bicyclic) bond motifs is 2. The Hall–Kier alpha value is -4.34. The highest BCUT2D eigenvalue weighted by Gasteiger charge is 2.31. The summed E-state index contributed by atoms with van der Waals surface area (Å²) in [4.78, 5) is 37.6. The molecule has 1 amide bonds. The molecule has 0 spiro atoms. The Morgan fingerprint density at radius 1 is 1.18 bits per heavy atom. The van der Waals surface area contributed by atoms with Crippen LogP contribution in [0.5, 0.6) is 0 Å². The standard InChI is InChI=1S/C29H29FN6O3/c1-3-18-12-24(28(37)35-11-9-19-6-4-5-7-21(19)17(35)2)33-36-16-25(32-27(18)36)22-14-31-26(13-23(22)30)34-10-8-20(15-34)29(38)39/h4-7,12-14,16-17,20H,3,8-11,15H2,1-2H3,(H,38,39)/t17-,20+/m1/s1. The summed E-state index contributed by atoms with van der Waals surface area (Å²) >= 11 is 0. The van der Waals surface area contributed by atoms with E-state index in [4.69, 9.17) is 0 Å². The fraction of sp³-hybridized carbons (Fsp3) is 0.345. The molecule has 39 heavy (non-hydrogen) atoms. The fourth-order valence-electron chi connectivity index (χ4n) is 5.68. The largest absolute Gasteiger partial charge is 0.481 e. The number of aromatic nitrogens is 4. The van der Waals surface area contributed by atoms with E-state index in [1.165, 1.54) is 17.8 Å². The summed E-state index contributed by atoms with van der Waals surface area (Å²) in [6.07, 6.45) is 4.96. The molecule has 3 aromatic heterocycles. The quantitative estimate of drug-likeness (QED) is 0.415. The third kappa shape index (κ3) is 4.39. The lowest BCUT2D eigenvalue weighted by molar-refractivity contribution is -0.140. The SMILES string of the molecule is CCc1cc(C(=O)N2CCc3ccccc3[C@H]2C)nn2cc(-c3cnc(N4CC[C@H](C(=O)O)C4)cc3F)nc12. The first kappa shape index (κ1) is 25.0. The van der Waals surface area contributed by atoms with E-state index in [1.54, 1.807) is 21.7 Å². The normalized spacial score (nSPS) is 18.9. The molecule has 10 heteroatoms. The van der Waals surface area contributed by atoms with Gasteiger partial charge < -0.3 is 14.9 Å². The summed E-state index contributed by atoms with van der Waals surface area (Å²) in [6, 6.07) is 11.2. The summed E-state index contributed by atoms with van der Waals surface area (Å²) in [6.45, 7) is 5.44. The van der Waals surface area contributed by atoms with Crippen molar-refractivity contribution in [2.45, 2.75) is 39.2 Å². The molecule has 1 saturated heterocycles. The Bertz CT molecular complexity index is 1600. The maximum Gasteiger partial charge on any atom is 0.308 e. The lowest BCUT2D eigenvalue weighted by atomic mass is 9.93. The molecule has 1 fully saturated rings. The number of benzene rings is 1. The molecular formula is C29H29FN6O3. The number of nitrogens with zero attached hydrogens (tertiary/aromatic N) is 6. The maximum absolute atomic E-state index is 15.3. The Balaban J connectivity index is 1.30. The molecule has 0 radical (unpaired) electrons. The second kappa shape index (κ2) is 9.76. The minimum atomic E-state index is -0.851. The number of imidazole rings is 1. The molecule has 6 rings (SSSR count). The van der Waals surface area contributed by atoms with Crippen molar-refractivity contribution < 1.29 is 19.1 Å². The van der Waals surface area contributed by atoms with Crippen LogP contribution in [0.25, 0.3) is 16.9 Å². The number of aliphatic carboxylic acids is 1. The molecule has 1 N–H and O–H groups in total. The van der Waals surface area contributed by atoms with Gasteiger partial charge in [-0.1, -0.05) is 31.2 Å². The number of anilines is 1. The van der Waals surface area contributed by atoms with Crippen LogP contribution in [0.3, 0.4) is 0 Å². The second-order valence-corrected chi connectivity index (χ2v) is 10.2. The number of amides is 1. The minimum Gasteiger partial charge on any atom is -0.481 e. The molecule has 200 valence electrons. The number of pyridine rings is 1. The van der Waals surface area contributed by atoms with Gasteiger partial charge in [0, 0.05) is 31.9 Å². The van der Waals surface area contributed by atoms with E-state index >= 15 is 4.39 Å². The van der Waals surface area contributed by atoms with Gasteiger partial charge in [-0.2, -0.15) is 5.10 Å². The number of aryl methyl sites for hydroxylation is 1. The molecule has 0 saturated carbocycles. The van der Waals surface area contributed by atoms with Crippen molar-refractivity contribution in [2.24, 2.45) is 5.92 Å². The van der Waals surface area contributed by atoms with Gasteiger partial charge in [0.15, 0.2) is 5.65 Å². The molecule has 0 bridgehead atoms. The van der Waals surface area contributed by atoms with Gasteiger partial charge >= 0.3 is 5.97 Å². The van der Waals surface area contributed by atoms with Crippen LogP contribution in [-0.2, 0) is 17.6 Å². The Labute approximate surface area is 224 Å². The van der Waals surface area contributed by atoms with Gasteiger partial charge in [-0.15, -0.1) is 0 Å². The Morgan fingerprint density at radius 3 is 2.74 bits per heavy atom. The third-order valence-electron chi connectivity index (χ3n) is 7.93. The third-order valence-corrected chi connectivity index (χ3v) is 7.93. The van der Waals surface area contributed by atoms with Gasteiger partial charge in [0.1, 0.15) is 17.3 Å². The Kier molecular flexibility index (Phi) is 6.25. The molecule has 2 atom stereocenters. The van der Waals surface area contributed by atoms with Crippen LogP contribution in [-0.4, -0.2) is 61.1 Å². The molecule has 1 aromatic carbocycles. The highest BCUT2D eigenvalue weighted by molar-refractivity contribution is 5.93. The molecular weight excluding hydrogens is 499 g/mol. The fourth-order valence-corrected chi connectivity index (χ4v) is 5.68. The summed E-state index contributed by atoms with van der Waals surface area (Å²) in [5.41, 5.74) is 4.72. The number of hydrogen-bond acceptors (Lipinski definition) is 6. The van der Waals surface area contributed by atoms with Crippen molar-refractivity contribution in [2.75, 3.05) is 24.5 Å². The van der Waals surface area contributed by atoms with E-state index in [9.17, 15) is 14.7 Å². The Morgan fingerprint density at radius 2 is 2.00 bits per heavy atom. The van der Waals surface area contributed by atoms with Crippen molar-refractivity contribution in [3.63, 3.8) is 0 Å². The first-order chi connectivity index (χ1) is 18.8. The van der Waals surface area contributed by atoms with Crippen molar-refractivity contribution in [1.29, 1.82) is 0 Å². The van der Waals surface area contributed by atoms with E-state index in [0.717, 1.165) is 17.5 Å². The number of carboxylic acids is 1. The van der Waals surface area contributed by atoms with Crippen molar-refractivity contribution in [1.82, 2.24) is 24.5 Å². The van der Waals surface area contributed by atoms with Crippen LogP contribution in [0.2, 0.25) is 0 Å². The summed E-state index contributed by atoms with van der Waals surface area (Å²) < 4.78 is 16.8. The number of carboxylic acid groups (broad SMARTS) is 1. The first-order valence-electron chi connectivity index (χ1n) is 13.3. The van der Waals surface area contributed by atoms with Gasteiger partial charge in [-0.05, 0) is 48.9 Å². The van der Waals surface area contributed by atoms with Crippen molar-refractivity contribution in [3.8, 4) is 11.3 Å². The molecule has 2 aliphatic rings. The van der Waals surface area contributed by atoms with Crippen LogP contribution in [0.15, 0.2) is 48.8 Å². The average molecular weight is 529 g/mol. The molecule has 0 aliphatic carbocycles. The zero-order chi connectivity index (χ0) is 27.3. The molecule has 4 aromatic rings. The van der Waals surface area contributed by atoms with Crippen LogP contribution in [0.4, 0.5) is 10.2 Å². The summed E-state index contributed by atoms with van der Waals surface area (Å²) in [7, 11) is 0. The van der Waals surface area contributed by atoms with E-state index in [-0.39, 0.29) is 17.5 Å². The van der Waals surface area contributed by atoms with Crippen LogP contribution >= 0.6 is 0 Å². The number of rotatable bonds is 5. The van der Waals surface area contributed by atoms with Gasteiger partial charge in [-0.3, -0.25) is 9.59 Å². The van der Waals surface area contributed by atoms with Gasteiger partial charge in [0.25, 0.3) is 5.91 Å². The first-order valence-corrected chi connectivity index (χ1v) is 13.3. The van der Waals surface area contributed by atoms with E-state index in [2.05, 4.69) is 27.2 Å². The number of carbonyl (C=O) groups excluding carboxylic acids is 1. The predicted molar refractivity (Wildman–Crippen MR) is 143 cm³/mol. The second-order valence-electron chi connectivity index (χ2n) is 10.2. The molecule has 2 aliphatic heterocycles. The average Bonchev–Trinajstić information content (AvgIpc) is 3.60. The van der Waals surface area contributed by atoms with Crippen molar-refractivity contribution >= 4 is 23.3 Å². The number of halogens is 1.